The maximum atomic E-state index is 3.30. The van der Waals surface area contributed by atoms with Crippen LogP contribution in [0.15, 0.2) is 60.7 Å². The maximum absolute atomic E-state index is 3.30. The second-order valence-electron chi connectivity index (χ2n) is 4.40. The third-order valence-corrected chi connectivity index (χ3v) is 3.20. The molecule has 0 nitrogen and oxygen atoms in total. The van der Waals surface area contributed by atoms with E-state index < -0.39 is 0 Å². The van der Waals surface area contributed by atoms with Crippen molar-refractivity contribution < 1.29 is 21.6 Å². The molecule has 2 aliphatic carbocycles. The monoisotopic (exact) mass is 498 g/mol. The van der Waals surface area contributed by atoms with Gasteiger partial charge in [-0.2, -0.15) is 35.9 Å². The zero-order valence-electron chi connectivity index (χ0n) is 14.2. The molecule has 0 fully saturated rings. The first-order valence-corrected chi connectivity index (χ1v) is 17.1. The van der Waals surface area contributed by atoms with E-state index in [9.17, 15) is 0 Å². The molecule has 0 unspecified atom stereocenters. The van der Waals surface area contributed by atoms with Crippen molar-refractivity contribution in [2.45, 2.75) is 12.8 Å². The van der Waals surface area contributed by atoms with Gasteiger partial charge in [-0.15, -0.1) is 36.8 Å². The number of fused-ring (bicyclic) bond motifs is 3. The molecule has 0 radical (unpaired) electrons. The fourth-order valence-corrected chi connectivity index (χ4v) is 2.34. The van der Waals surface area contributed by atoms with Crippen LogP contribution in [0.1, 0.15) is 17.5 Å². The molecule has 0 saturated heterocycles. The van der Waals surface area contributed by atoms with Gasteiger partial charge < -0.3 is 14.9 Å². The standard InChI is InChI=1S/C13H9.C5H5.2CH3.2ClH.GeH2.Zr/c1-3-7-12-10(5-1)9-11-6-2-4-8-13(11)12;1-2-4-5-3-1;;;;;;/h1-5,7-8H,9H2;1-3H,4H2;2*1H3;2*1H;1H2;/q4*-1;;;;. The molecule has 0 heterocycles. The molecule has 0 spiro atoms. The van der Waals surface area contributed by atoms with Gasteiger partial charge in [0, 0.05) is 0 Å². The third kappa shape index (κ3) is 7.87. The summed E-state index contributed by atoms with van der Waals surface area (Å²) in [6.07, 6.45) is 11.0. The number of hydrogen-bond donors (Lipinski definition) is 0. The van der Waals surface area contributed by atoms with Gasteiger partial charge in [-0.25, -0.2) is 12.2 Å². The minimum atomic E-state index is 0. The normalized spacial score (nSPS) is 10.5. The van der Waals surface area contributed by atoms with Crippen molar-refractivity contribution in [1.82, 2.24) is 0 Å². The van der Waals surface area contributed by atoms with E-state index >= 15 is 0 Å². The number of benzene rings is 2. The van der Waals surface area contributed by atoms with E-state index in [4.69, 9.17) is 0 Å². The van der Waals surface area contributed by atoms with Crippen molar-refractivity contribution in [3.63, 3.8) is 0 Å². The Labute approximate surface area is 180 Å². The Kier molecular flexibility index (Phi) is 19.6. The molecule has 2 aliphatic rings. The average Bonchev–Trinajstić information content (AvgIpc) is 3.20. The van der Waals surface area contributed by atoms with Crippen LogP contribution in [0, 0.1) is 27.0 Å². The fourth-order valence-electron chi connectivity index (χ4n) is 2.34. The van der Waals surface area contributed by atoms with Crippen LogP contribution in [0.2, 0.25) is 0 Å². The Balaban J connectivity index is -0.000000351. The van der Waals surface area contributed by atoms with Crippen molar-refractivity contribution in [2.75, 3.05) is 0 Å². The molecular weight excluding hydrogens is 475 g/mol. The summed E-state index contributed by atoms with van der Waals surface area (Å²) in [5, 5.41) is 0. The van der Waals surface area contributed by atoms with E-state index in [0.29, 0.717) is 0 Å². The van der Waals surface area contributed by atoms with Gasteiger partial charge in [0.25, 0.3) is 0 Å². The summed E-state index contributed by atoms with van der Waals surface area (Å²) in [7, 11) is 0. The first kappa shape index (κ1) is 28.7. The molecule has 0 N–H and O–H groups in total. The van der Waals surface area contributed by atoms with Crippen molar-refractivity contribution >= 4 is 37.0 Å². The van der Waals surface area contributed by atoms with Gasteiger partial charge in [-0.3, -0.25) is 6.08 Å². The van der Waals surface area contributed by atoms with Gasteiger partial charge in [0.2, 0.25) is 0 Å². The Morgan fingerprint density at radius 2 is 1.58 bits per heavy atom. The van der Waals surface area contributed by atoms with Crippen molar-refractivity contribution in [1.29, 1.82) is 0 Å². The predicted octanol–water partition coefficient (Wildman–Crippen LogP) is 5.19. The van der Waals surface area contributed by atoms with Gasteiger partial charge in [0.05, 0.1) is 0 Å². The molecule has 0 atom stereocenters. The quantitative estimate of drug-likeness (QED) is 0.295. The van der Waals surface area contributed by atoms with Crippen LogP contribution in [0.5, 0.6) is 0 Å². The summed E-state index contributed by atoms with van der Waals surface area (Å²) in [4.78, 5) is 0. The summed E-state index contributed by atoms with van der Waals surface area (Å²) >= 11 is 3.14. The van der Waals surface area contributed by atoms with Crippen LogP contribution in [0.4, 0.5) is 0 Å². The SMILES string of the molecule is Cl.Cl.[C-]1=CC=CC1.[CH3-].[CH3-].[GeH2]=[Zr].[c-]1cccc2c1Cc1ccccc1-2. The second kappa shape index (κ2) is 16.4. The first-order valence-electron chi connectivity index (χ1n) is 6.60. The third-order valence-electron chi connectivity index (χ3n) is 3.20. The van der Waals surface area contributed by atoms with E-state index in [1.54, 1.807) is 21.6 Å². The summed E-state index contributed by atoms with van der Waals surface area (Å²) in [6.45, 7) is 0. The van der Waals surface area contributed by atoms with E-state index in [1.807, 2.05) is 18.2 Å². The van der Waals surface area contributed by atoms with E-state index in [2.05, 4.69) is 54.6 Å². The summed E-state index contributed by atoms with van der Waals surface area (Å²) in [5.74, 6) is 0. The Bertz CT molecular complexity index is 586. The Morgan fingerprint density at radius 1 is 0.917 bits per heavy atom. The summed E-state index contributed by atoms with van der Waals surface area (Å²) in [6, 6.07) is 18.1. The largest absolute Gasteiger partial charge is 0.179 e. The van der Waals surface area contributed by atoms with Crippen molar-refractivity contribution in [3.8, 4) is 11.1 Å². The van der Waals surface area contributed by atoms with E-state index in [1.165, 1.54) is 34.4 Å². The maximum Gasteiger partial charge on any atom is -0.0253 e. The second-order valence-corrected chi connectivity index (χ2v) is 4.40. The van der Waals surface area contributed by atoms with Crippen LogP contribution in [0.25, 0.3) is 11.1 Å². The van der Waals surface area contributed by atoms with Gasteiger partial charge in [0.15, 0.2) is 0 Å². The Morgan fingerprint density at radius 3 is 2.17 bits per heavy atom. The number of rotatable bonds is 0. The van der Waals surface area contributed by atoms with Crippen LogP contribution >= 0.6 is 24.8 Å². The zero-order chi connectivity index (χ0) is 14.2. The minimum Gasteiger partial charge on any atom is -0.179 e. The molecular formula is C20H24Cl2GeZr-4. The molecule has 2 aromatic rings. The Hall–Kier alpha value is -0.0740. The van der Waals surface area contributed by atoms with Gasteiger partial charge in [0.1, 0.15) is 0 Å². The summed E-state index contributed by atoms with van der Waals surface area (Å²) < 4.78 is 0. The van der Waals surface area contributed by atoms with Gasteiger partial charge >= 0.3 is 33.7 Å². The smallest absolute Gasteiger partial charge is 0.0253 e. The van der Waals surface area contributed by atoms with Crippen LogP contribution < -0.4 is 0 Å². The van der Waals surface area contributed by atoms with E-state index in [0.717, 1.165) is 12.8 Å². The van der Waals surface area contributed by atoms with Gasteiger partial charge in [-0.05, 0) is 6.42 Å². The number of allylic oxidation sites excluding steroid dienone is 4. The minimum absolute atomic E-state index is 0. The molecule has 0 bridgehead atoms. The molecule has 2 aromatic carbocycles. The molecule has 0 amide bonds. The molecule has 0 saturated carbocycles. The first-order chi connectivity index (χ1) is 9.95. The fraction of sp³-hybridized carbons (Fsp3) is 0.100. The van der Waals surface area contributed by atoms with Gasteiger partial charge in [-0.1, -0.05) is 35.4 Å². The van der Waals surface area contributed by atoms with Crippen LogP contribution in [0.3, 0.4) is 0 Å². The molecule has 130 valence electrons. The van der Waals surface area contributed by atoms with Crippen LogP contribution in [-0.2, 0) is 28.0 Å². The molecule has 24 heavy (non-hydrogen) atoms. The topological polar surface area (TPSA) is 0 Å². The average molecular weight is 499 g/mol. The molecule has 4 heteroatoms. The van der Waals surface area contributed by atoms with E-state index in [-0.39, 0.29) is 39.7 Å². The van der Waals surface area contributed by atoms with Crippen molar-refractivity contribution in [3.05, 3.63) is 98.8 Å². The zero-order valence-corrected chi connectivity index (χ0v) is 21.3. The predicted molar refractivity (Wildman–Crippen MR) is 111 cm³/mol. The molecule has 4 rings (SSSR count). The number of hydrogen-bond acceptors (Lipinski definition) is 0. The molecule has 0 aromatic heterocycles. The summed E-state index contributed by atoms with van der Waals surface area (Å²) in [5.41, 5.74) is 5.51. The molecule has 0 aliphatic heterocycles. The van der Waals surface area contributed by atoms with Crippen LogP contribution in [-0.4, -0.2) is 12.1 Å². The van der Waals surface area contributed by atoms with Crippen molar-refractivity contribution in [2.24, 2.45) is 0 Å². The number of halogens is 2.